The predicted molar refractivity (Wildman–Crippen MR) is 92.7 cm³/mol. The Morgan fingerprint density at radius 1 is 1.32 bits per heavy atom. The van der Waals surface area contributed by atoms with E-state index in [1.807, 2.05) is 19.1 Å². The third kappa shape index (κ3) is 4.68. The SMILES string of the molecule is Cc1cccnc1CNC(=O)C1CCN(C(=O)Cn2ccc(C(F)(F)F)n2)C1. The molecule has 1 N–H and O–H groups in total. The molecule has 1 fully saturated rings. The first-order valence-corrected chi connectivity index (χ1v) is 8.80. The zero-order valence-corrected chi connectivity index (χ0v) is 15.2. The molecule has 0 saturated carbocycles. The first-order valence-electron chi connectivity index (χ1n) is 8.80. The molecule has 150 valence electrons. The highest BCUT2D eigenvalue weighted by Crippen LogP contribution is 2.27. The maximum atomic E-state index is 12.6. The Morgan fingerprint density at radius 3 is 2.79 bits per heavy atom. The van der Waals surface area contributed by atoms with Gasteiger partial charge in [0.1, 0.15) is 6.54 Å². The van der Waals surface area contributed by atoms with Crippen LogP contribution in [0.2, 0.25) is 0 Å². The number of aryl methyl sites for hydroxylation is 1. The highest BCUT2D eigenvalue weighted by atomic mass is 19.4. The Bertz CT molecular complexity index is 865. The van der Waals surface area contributed by atoms with E-state index < -0.39 is 11.9 Å². The van der Waals surface area contributed by atoms with Crippen molar-refractivity contribution in [3.05, 3.63) is 47.5 Å². The second-order valence-electron chi connectivity index (χ2n) is 6.71. The molecule has 7 nitrogen and oxygen atoms in total. The maximum absolute atomic E-state index is 12.6. The summed E-state index contributed by atoms with van der Waals surface area (Å²) in [6.45, 7) is 2.54. The van der Waals surface area contributed by atoms with E-state index >= 15 is 0 Å². The Morgan fingerprint density at radius 2 is 2.11 bits per heavy atom. The van der Waals surface area contributed by atoms with Gasteiger partial charge in [0.15, 0.2) is 5.69 Å². The van der Waals surface area contributed by atoms with Gasteiger partial charge in [-0.25, -0.2) is 0 Å². The number of amides is 2. The van der Waals surface area contributed by atoms with E-state index in [-0.39, 0.29) is 30.8 Å². The van der Waals surface area contributed by atoms with Crippen LogP contribution in [0.25, 0.3) is 0 Å². The summed E-state index contributed by atoms with van der Waals surface area (Å²) in [7, 11) is 0. The number of halogens is 3. The molecular weight excluding hydrogens is 375 g/mol. The third-order valence-corrected chi connectivity index (χ3v) is 4.69. The van der Waals surface area contributed by atoms with Crippen LogP contribution in [0.4, 0.5) is 13.2 Å². The van der Waals surface area contributed by atoms with Crippen LogP contribution in [-0.2, 0) is 28.9 Å². The van der Waals surface area contributed by atoms with Crippen molar-refractivity contribution in [1.82, 2.24) is 25.0 Å². The summed E-state index contributed by atoms with van der Waals surface area (Å²) in [5.74, 6) is -0.886. The van der Waals surface area contributed by atoms with Crippen LogP contribution in [0.3, 0.4) is 0 Å². The van der Waals surface area contributed by atoms with Crippen molar-refractivity contribution in [3.63, 3.8) is 0 Å². The number of hydrogen-bond acceptors (Lipinski definition) is 4. The van der Waals surface area contributed by atoms with E-state index in [0.717, 1.165) is 28.2 Å². The van der Waals surface area contributed by atoms with Crippen molar-refractivity contribution in [2.24, 2.45) is 5.92 Å². The predicted octanol–water partition coefficient (Wildman–Crippen LogP) is 1.77. The number of pyridine rings is 1. The number of rotatable bonds is 5. The fraction of sp³-hybridized carbons (Fsp3) is 0.444. The number of carbonyl (C=O) groups excluding carboxylic acids is 2. The van der Waals surface area contributed by atoms with Crippen molar-refractivity contribution in [1.29, 1.82) is 0 Å². The van der Waals surface area contributed by atoms with Crippen molar-refractivity contribution in [2.45, 2.75) is 32.6 Å². The molecule has 3 rings (SSSR count). The zero-order chi connectivity index (χ0) is 20.3. The topological polar surface area (TPSA) is 80.1 Å². The van der Waals surface area contributed by atoms with Crippen LogP contribution in [0.15, 0.2) is 30.6 Å². The highest BCUT2D eigenvalue weighted by molar-refractivity contribution is 5.82. The second-order valence-corrected chi connectivity index (χ2v) is 6.71. The number of likely N-dealkylation sites (tertiary alicyclic amines) is 1. The molecule has 0 spiro atoms. The molecule has 1 aliphatic rings. The second kappa shape index (κ2) is 7.99. The van der Waals surface area contributed by atoms with Crippen LogP contribution in [0.1, 0.15) is 23.4 Å². The van der Waals surface area contributed by atoms with Gasteiger partial charge in [0.2, 0.25) is 11.8 Å². The molecule has 0 bridgehead atoms. The Balaban J connectivity index is 1.50. The molecule has 2 aromatic rings. The molecule has 1 atom stereocenters. The van der Waals surface area contributed by atoms with Crippen molar-refractivity contribution in [2.75, 3.05) is 13.1 Å². The van der Waals surface area contributed by atoms with E-state index in [1.165, 1.54) is 4.90 Å². The van der Waals surface area contributed by atoms with Crippen molar-refractivity contribution in [3.8, 4) is 0 Å². The largest absolute Gasteiger partial charge is 0.435 e. The lowest BCUT2D eigenvalue weighted by Gasteiger charge is -2.16. The Hall–Kier alpha value is -2.91. The molecule has 10 heteroatoms. The van der Waals surface area contributed by atoms with Gasteiger partial charge in [-0.15, -0.1) is 0 Å². The molecule has 1 aliphatic heterocycles. The summed E-state index contributed by atoms with van der Waals surface area (Å²) in [6.07, 6.45) is -1.26. The van der Waals surface area contributed by atoms with Gasteiger partial charge in [-0.1, -0.05) is 6.07 Å². The van der Waals surface area contributed by atoms with Crippen LogP contribution in [0.5, 0.6) is 0 Å². The minimum atomic E-state index is -4.54. The summed E-state index contributed by atoms with van der Waals surface area (Å²) in [6, 6.07) is 4.55. The summed E-state index contributed by atoms with van der Waals surface area (Å²) >= 11 is 0. The van der Waals surface area contributed by atoms with E-state index in [0.29, 0.717) is 19.5 Å². The number of alkyl halides is 3. The number of hydrogen-bond donors (Lipinski definition) is 1. The van der Waals surface area contributed by atoms with Gasteiger partial charge >= 0.3 is 6.18 Å². The molecular formula is C18H20F3N5O2. The van der Waals surface area contributed by atoms with Crippen LogP contribution >= 0.6 is 0 Å². The smallest absolute Gasteiger partial charge is 0.350 e. The van der Waals surface area contributed by atoms with Crippen molar-refractivity contribution >= 4 is 11.8 Å². The molecule has 0 aromatic carbocycles. The maximum Gasteiger partial charge on any atom is 0.435 e. The summed E-state index contributed by atoms with van der Waals surface area (Å²) in [5, 5.41) is 6.21. The zero-order valence-electron chi connectivity index (χ0n) is 15.2. The normalized spacial score (nSPS) is 17.0. The van der Waals surface area contributed by atoms with Gasteiger partial charge in [0.05, 0.1) is 18.2 Å². The fourth-order valence-corrected chi connectivity index (χ4v) is 3.06. The first-order chi connectivity index (χ1) is 13.2. The molecule has 28 heavy (non-hydrogen) atoms. The number of aromatic nitrogens is 3. The summed E-state index contributed by atoms with van der Waals surface area (Å²) in [5.41, 5.74) is 0.716. The first kappa shape index (κ1) is 19.8. The van der Waals surface area contributed by atoms with Gasteiger partial charge in [0, 0.05) is 25.5 Å². The van der Waals surface area contributed by atoms with Gasteiger partial charge in [0.25, 0.3) is 0 Å². The standard InChI is InChI=1S/C18H20F3N5O2/c1-12-3-2-6-22-14(12)9-23-17(28)13-4-7-25(10-13)16(27)11-26-8-5-15(24-26)18(19,20)21/h2-3,5-6,8,13H,4,7,9-11H2,1H3,(H,23,28). The number of nitrogens with zero attached hydrogens (tertiary/aromatic N) is 4. The highest BCUT2D eigenvalue weighted by Gasteiger charge is 2.34. The molecule has 2 aromatic heterocycles. The lowest BCUT2D eigenvalue weighted by atomic mass is 10.1. The van der Waals surface area contributed by atoms with E-state index in [4.69, 9.17) is 0 Å². The third-order valence-electron chi connectivity index (χ3n) is 4.69. The Labute approximate surface area is 159 Å². The quantitative estimate of drug-likeness (QED) is 0.837. The van der Waals surface area contributed by atoms with Gasteiger partial charge in [-0.3, -0.25) is 19.3 Å². The molecule has 1 unspecified atom stereocenters. The van der Waals surface area contributed by atoms with Crippen molar-refractivity contribution < 1.29 is 22.8 Å². The lowest BCUT2D eigenvalue weighted by Crippen LogP contribution is -2.36. The average Bonchev–Trinajstić information content (AvgIpc) is 3.30. The fourth-order valence-electron chi connectivity index (χ4n) is 3.06. The van der Waals surface area contributed by atoms with Crippen LogP contribution < -0.4 is 5.32 Å². The van der Waals surface area contributed by atoms with Gasteiger partial charge < -0.3 is 10.2 Å². The summed E-state index contributed by atoms with van der Waals surface area (Å²) in [4.78, 5) is 30.4. The lowest BCUT2D eigenvalue weighted by molar-refractivity contribution is -0.142. The monoisotopic (exact) mass is 395 g/mol. The molecule has 1 saturated heterocycles. The minimum Gasteiger partial charge on any atom is -0.350 e. The van der Waals surface area contributed by atoms with Gasteiger partial charge in [-0.05, 0) is 31.0 Å². The van der Waals surface area contributed by atoms with Crippen LogP contribution in [-0.4, -0.2) is 44.6 Å². The molecule has 0 aliphatic carbocycles. The number of carbonyl (C=O) groups is 2. The van der Waals surface area contributed by atoms with Gasteiger partial charge in [-0.2, -0.15) is 18.3 Å². The molecule has 0 radical (unpaired) electrons. The number of nitrogens with one attached hydrogen (secondary N) is 1. The van der Waals surface area contributed by atoms with E-state index in [2.05, 4.69) is 15.4 Å². The molecule has 2 amide bonds. The van der Waals surface area contributed by atoms with E-state index in [9.17, 15) is 22.8 Å². The Kier molecular flexibility index (Phi) is 5.66. The summed E-state index contributed by atoms with van der Waals surface area (Å²) < 4.78 is 38.7. The minimum absolute atomic E-state index is 0.168. The van der Waals surface area contributed by atoms with Crippen LogP contribution in [0, 0.1) is 12.8 Å². The molecule has 3 heterocycles. The van der Waals surface area contributed by atoms with E-state index in [1.54, 1.807) is 6.20 Å². The average molecular weight is 395 g/mol.